The molecule has 2 aliphatic rings. The van der Waals surface area contributed by atoms with Gasteiger partial charge in [0.05, 0.1) is 12.1 Å². The van der Waals surface area contributed by atoms with Crippen molar-refractivity contribution in [3.63, 3.8) is 0 Å². The van der Waals surface area contributed by atoms with Gasteiger partial charge >= 0.3 is 0 Å². The molecule has 1 fully saturated rings. The van der Waals surface area contributed by atoms with Crippen LogP contribution in [-0.2, 0) is 17.6 Å². The van der Waals surface area contributed by atoms with Crippen LogP contribution in [0.5, 0.6) is 5.75 Å². The van der Waals surface area contributed by atoms with E-state index in [1.165, 1.54) is 23.5 Å². The van der Waals surface area contributed by atoms with Crippen LogP contribution < -0.4 is 15.8 Å². The second-order valence-electron chi connectivity index (χ2n) is 7.52. The van der Waals surface area contributed by atoms with Gasteiger partial charge in [-0.1, -0.05) is 6.07 Å². The Balaban J connectivity index is 1.29. The van der Waals surface area contributed by atoms with E-state index in [0.29, 0.717) is 16.3 Å². The second-order valence-corrected chi connectivity index (χ2v) is 8.63. The average molecular weight is 418 g/mol. The van der Waals surface area contributed by atoms with Crippen LogP contribution in [0.15, 0.2) is 24.3 Å². The van der Waals surface area contributed by atoms with Gasteiger partial charge in [-0.15, -0.1) is 11.3 Å². The number of aryl methyl sites for hydroxylation is 1. The van der Waals surface area contributed by atoms with E-state index in [4.69, 9.17) is 10.5 Å². The highest BCUT2D eigenvalue weighted by Gasteiger charge is 2.27. The lowest BCUT2D eigenvalue weighted by molar-refractivity contribution is -0.117. The van der Waals surface area contributed by atoms with Crippen molar-refractivity contribution >= 4 is 28.2 Å². The quantitative estimate of drug-likeness (QED) is 0.757. The summed E-state index contributed by atoms with van der Waals surface area (Å²) in [7, 11) is 0. The summed E-state index contributed by atoms with van der Waals surface area (Å²) >= 11 is 1.47. The van der Waals surface area contributed by atoms with E-state index in [-0.39, 0.29) is 24.4 Å². The van der Waals surface area contributed by atoms with Crippen LogP contribution in [0.1, 0.15) is 40.1 Å². The number of hydrogen-bond donors (Lipinski definition) is 2. The zero-order valence-electron chi connectivity index (χ0n) is 16.1. The number of anilines is 1. The number of carbonyl (C=O) groups is 2. The Morgan fingerprint density at radius 3 is 2.79 bits per heavy atom. The number of ether oxygens (including phenoxy) is 1. The monoisotopic (exact) mass is 417 g/mol. The van der Waals surface area contributed by atoms with Gasteiger partial charge in [0.25, 0.3) is 5.91 Å². The molecule has 2 heterocycles. The first-order valence-corrected chi connectivity index (χ1v) is 10.7. The molecule has 1 aromatic heterocycles. The fourth-order valence-corrected chi connectivity index (χ4v) is 5.35. The molecule has 0 saturated carbocycles. The van der Waals surface area contributed by atoms with Crippen molar-refractivity contribution < 1.29 is 18.7 Å². The van der Waals surface area contributed by atoms with Gasteiger partial charge in [-0.3, -0.25) is 14.5 Å². The summed E-state index contributed by atoms with van der Waals surface area (Å²) in [5.41, 5.74) is 7.04. The Kier molecular flexibility index (Phi) is 5.82. The topological polar surface area (TPSA) is 84.7 Å². The number of halogens is 1. The second kappa shape index (κ2) is 8.51. The van der Waals surface area contributed by atoms with Crippen molar-refractivity contribution in [3.05, 3.63) is 46.1 Å². The van der Waals surface area contributed by atoms with Crippen LogP contribution in [0.3, 0.4) is 0 Å². The summed E-state index contributed by atoms with van der Waals surface area (Å²) < 4.78 is 19.1. The van der Waals surface area contributed by atoms with Crippen molar-refractivity contribution in [1.29, 1.82) is 0 Å². The lowest BCUT2D eigenvalue weighted by Crippen LogP contribution is -2.42. The first-order valence-electron chi connectivity index (χ1n) is 9.88. The molecule has 4 rings (SSSR count). The van der Waals surface area contributed by atoms with Gasteiger partial charge in [0, 0.05) is 24.0 Å². The highest BCUT2D eigenvalue weighted by atomic mass is 32.1. The van der Waals surface area contributed by atoms with E-state index in [1.54, 1.807) is 12.1 Å². The van der Waals surface area contributed by atoms with Crippen LogP contribution in [0.4, 0.5) is 9.39 Å². The number of amides is 2. The Hall–Kier alpha value is -2.45. The fraction of sp³-hybridized carbons (Fsp3) is 0.429. The molecule has 0 spiro atoms. The van der Waals surface area contributed by atoms with Crippen molar-refractivity contribution in [2.24, 2.45) is 5.73 Å². The minimum Gasteiger partial charge on any atom is -0.490 e. The number of nitrogens with one attached hydrogen (secondary N) is 1. The number of fused-ring (bicyclic) bond motifs is 1. The van der Waals surface area contributed by atoms with Crippen molar-refractivity contribution in [1.82, 2.24) is 4.90 Å². The maximum absolute atomic E-state index is 13.3. The maximum atomic E-state index is 13.3. The Morgan fingerprint density at radius 1 is 1.28 bits per heavy atom. The highest BCUT2D eigenvalue weighted by Crippen LogP contribution is 2.38. The summed E-state index contributed by atoms with van der Waals surface area (Å²) in [6.45, 7) is 1.70. The van der Waals surface area contributed by atoms with Crippen LogP contribution in [0.25, 0.3) is 0 Å². The lowest BCUT2D eigenvalue weighted by atomic mass is 10.1. The number of rotatable bonds is 6. The zero-order chi connectivity index (χ0) is 20.4. The molecule has 1 aliphatic carbocycles. The van der Waals surface area contributed by atoms with E-state index in [9.17, 15) is 14.0 Å². The van der Waals surface area contributed by atoms with E-state index in [0.717, 1.165) is 55.6 Å². The molecule has 2 aromatic rings. The molecular formula is C21H24FN3O3S. The molecular weight excluding hydrogens is 393 g/mol. The molecule has 6 nitrogen and oxygen atoms in total. The third-order valence-electron chi connectivity index (χ3n) is 5.42. The molecule has 0 unspecified atom stereocenters. The van der Waals surface area contributed by atoms with Gasteiger partial charge < -0.3 is 15.8 Å². The van der Waals surface area contributed by atoms with Gasteiger partial charge in [-0.2, -0.15) is 0 Å². The molecule has 154 valence electrons. The molecule has 1 aromatic carbocycles. The number of nitrogens with zero attached hydrogens (tertiary/aromatic N) is 1. The molecule has 2 amide bonds. The molecule has 3 N–H and O–H groups in total. The number of likely N-dealkylation sites (tertiary alicyclic amines) is 1. The van der Waals surface area contributed by atoms with Crippen LogP contribution >= 0.6 is 11.3 Å². The van der Waals surface area contributed by atoms with Gasteiger partial charge in [0.15, 0.2) is 0 Å². The van der Waals surface area contributed by atoms with Gasteiger partial charge in [0.2, 0.25) is 5.91 Å². The van der Waals surface area contributed by atoms with E-state index < -0.39 is 5.91 Å². The smallest absolute Gasteiger partial charge is 0.251 e. The lowest BCUT2D eigenvalue weighted by Gasteiger charge is -2.31. The summed E-state index contributed by atoms with van der Waals surface area (Å²) in [4.78, 5) is 27.6. The Morgan fingerprint density at radius 2 is 2.07 bits per heavy atom. The van der Waals surface area contributed by atoms with Crippen molar-refractivity contribution in [2.45, 2.75) is 38.2 Å². The van der Waals surface area contributed by atoms with E-state index in [2.05, 4.69) is 10.2 Å². The summed E-state index contributed by atoms with van der Waals surface area (Å²) in [5, 5.41) is 3.47. The number of carbonyl (C=O) groups excluding carboxylic acids is 2. The third kappa shape index (κ3) is 4.59. The number of hydrogen-bond acceptors (Lipinski definition) is 5. The molecule has 1 aliphatic heterocycles. The SMILES string of the molecule is NC(=O)c1c(NC(=O)CN2CCC(Oc3cccc(F)c3)CC2)sc2c1CCC2. The number of thiophene rings is 1. The van der Waals surface area contributed by atoms with E-state index in [1.807, 2.05) is 0 Å². The van der Waals surface area contributed by atoms with Gasteiger partial charge in [-0.25, -0.2) is 4.39 Å². The normalized spacial score (nSPS) is 17.1. The van der Waals surface area contributed by atoms with Crippen LogP contribution in [0.2, 0.25) is 0 Å². The van der Waals surface area contributed by atoms with E-state index >= 15 is 0 Å². The molecule has 29 heavy (non-hydrogen) atoms. The minimum absolute atomic E-state index is 0.0119. The van der Waals surface area contributed by atoms with Crippen molar-refractivity contribution in [2.75, 3.05) is 25.0 Å². The third-order valence-corrected chi connectivity index (χ3v) is 6.63. The molecule has 0 radical (unpaired) electrons. The first kappa shape index (κ1) is 19.8. The predicted molar refractivity (Wildman–Crippen MR) is 110 cm³/mol. The zero-order valence-corrected chi connectivity index (χ0v) is 16.9. The van der Waals surface area contributed by atoms with Crippen molar-refractivity contribution in [3.8, 4) is 5.75 Å². The van der Waals surface area contributed by atoms with Crippen LogP contribution in [-0.4, -0.2) is 42.5 Å². The Labute approximate surface area is 172 Å². The summed E-state index contributed by atoms with van der Waals surface area (Å²) in [6.07, 6.45) is 4.36. The average Bonchev–Trinajstić information content (AvgIpc) is 3.23. The molecule has 1 saturated heterocycles. The molecule has 0 atom stereocenters. The summed E-state index contributed by atoms with van der Waals surface area (Å²) in [5.74, 6) is -0.399. The minimum atomic E-state index is -0.477. The number of piperidine rings is 1. The first-order chi connectivity index (χ1) is 14.0. The largest absolute Gasteiger partial charge is 0.490 e. The number of primary amides is 1. The Bertz CT molecular complexity index is 922. The molecule has 0 bridgehead atoms. The van der Waals surface area contributed by atoms with Crippen LogP contribution in [0, 0.1) is 5.82 Å². The number of benzene rings is 1. The van der Waals surface area contributed by atoms with Gasteiger partial charge in [-0.05, 0) is 49.8 Å². The fourth-order valence-electron chi connectivity index (χ4n) is 4.04. The predicted octanol–water partition coefficient (Wildman–Crippen LogP) is 2.96. The maximum Gasteiger partial charge on any atom is 0.251 e. The highest BCUT2D eigenvalue weighted by molar-refractivity contribution is 7.17. The summed E-state index contributed by atoms with van der Waals surface area (Å²) in [6, 6.07) is 6.15. The standard InChI is InChI=1S/C21H24FN3O3S/c22-13-3-1-4-15(11-13)28-14-7-9-25(10-8-14)12-18(26)24-21-19(20(23)27)16-5-2-6-17(16)29-21/h1,3-4,11,14H,2,5-10,12H2,(H2,23,27)(H,24,26). The number of nitrogens with two attached hydrogens (primary N) is 1. The van der Waals surface area contributed by atoms with Gasteiger partial charge in [0.1, 0.15) is 22.7 Å². The molecule has 8 heteroatoms.